The van der Waals surface area contributed by atoms with Gasteiger partial charge in [-0.1, -0.05) is 18.5 Å². The van der Waals surface area contributed by atoms with Gasteiger partial charge in [0.25, 0.3) is 5.91 Å². The molecule has 0 unspecified atom stereocenters. The minimum absolute atomic E-state index is 0.0893. The van der Waals surface area contributed by atoms with Crippen LogP contribution in [0, 0.1) is 5.92 Å². The van der Waals surface area contributed by atoms with Crippen molar-refractivity contribution in [3.8, 4) is 5.75 Å². The van der Waals surface area contributed by atoms with E-state index in [1.54, 1.807) is 18.2 Å². The molecule has 0 spiro atoms. The SMILES string of the molecule is CC(=O)c1cc(Cl)ccc1OCC(=O)NC1CCC(C)CC1. The Bertz CT molecular complexity index is 551. The Morgan fingerprint density at radius 3 is 2.59 bits per heavy atom. The molecule has 22 heavy (non-hydrogen) atoms. The molecule has 0 aromatic heterocycles. The highest BCUT2D eigenvalue weighted by atomic mass is 35.5. The first-order valence-electron chi connectivity index (χ1n) is 7.68. The fourth-order valence-corrected chi connectivity index (χ4v) is 2.89. The van der Waals surface area contributed by atoms with E-state index in [4.69, 9.17) is 16.3 Å². The molecule has 1 amide bonds. The van der Waals surface area contributed by atoms with Crippen LogP contribution in [0.4, 0.5) is 0 Å². The highest BCUT2D eigenvalue weighted by molar-refractivity contribution is 6.31. The standard InChI is InChI=1S/C17H22ClNO3/c1-11-3-6-14(7-4-11)19-17(21)10-22-16-8-5-13(18)9-15(16)12(2)20/h5,8-9,11,14H,3-4,6-7,10H2,1-2H3,(H,19,21). The maximum atomic E-state index is 12.0. The third kappa shape index (κ3) is 4.73. The molecular formula is C17H22ClNO3. The van der Waals surface area contributed by atoms with E-state index in [0.717, 1.165) is 31.6 Å². The lowest BCUT2D eigenvalue weighted by Crippen LogP contribution is -2.39. The molecule has 4 nitrogen and oxygen atoms in total. The summed E-state index contributed by atoms with van der Waals surface area (Å²) in [6.07, 6.45) is 4.34. The monoisotopic (exact) mass is 323 g/mol. The summed E-state index contributed by atoms with van der Waals surface area (Å²) in [6.45, 7) is 3.60. The molecule has 1 N–H and O–H groups in total. The van der Waals surface area contributed by atoms with Crippen LogP contribution in [0.5, 0.6) is 5.75 Å². The van der Waals surface area contributed by atoms with E-state index in [1.807, 2.05) is 0 Å². The molecule has 5 heteroatoms. The summed E-state index contributed by atoms with van der Waals surface area (Å²) >= 11 is 5.88. The van der Waals surface area contributed by atoms with Gasteiger partial charge in [0.2, 0.25) is 0 Å². The zero-order chi connectivity index (χ0) is 16.1. The first-order chi connectivity index (χ1) is 10.5. The van der Waals surface area contributed by atoms with Crippen molar-refractivity contribution in [3.63, 3.8) is 0 Å². The summed E-state index contributed by atoms with van der Waals surface area (Å²) in [5.41, 5.74) is 0.395. The highest BCUT2D eigenvalue weighted by Crippen LogP contribution is 2.24. The van der Waals surface area contributed by atoms with E-state index in [-0.39, 0.29) is 24.3 Å². The Morgan fingerprint density at radius 1 is 1.27 bits per heavy atom. The number of rotatable bonds is 5. The van der Waals surface area contributed by atoms with Gasteiger partial charge < -0.3 is 10.1 Å². The van der Waals surface area contributed by atoms with Crippen LogP contribution in [0.1, 0.15) is 49.9 Å². The molecule has 1 aliphatic rings. The molecule has 1 aromatic carbocycles. The second-order valence-electron chi connectivity index (χ2n) is 6.01. The number of amides is 1. The van der Waals surface area contributed by atoms with Crippen molar-refractivity contribution in [1.82, 2.24) is 5.32 Å². The molecule has 1 saturated carbocycles. The minimum Gasteiger partial charge on any atom is -0.483 e. The second-order valence-corrected chi connectivity index (χ2v) is 6.45. The molecule has 2 rings (SSSR count). The Labute approximate surface area is 136 Å². The quantitative estimate of drug-likeness (QED) is 0.842. The number of halogens is 1. The van der Waals surface area contributed by atoms with Gasteiger partial charge in [-0.25, -0.2) is 0 Å². The van der Waals surface area contributed by atoms with Gasteiger partial charge in [0.1, 0.15) is 5.75 Å². The lowest BCUT2D eigenvalue weighted by molar-refractivity contribution is -0.124. The third-order valence-electron chi connectivity index (χ3n) is 4.06. The molecular weight excluding hydrogens is 302 g/mol. The Hall–Kier alpha value is -1.55. The molecule has 120 valence electrons. The number of Topliss-reactive ketones (excluding diaryl/α,β-unsaturated/α-hetero) is 1. The average Bonchev–Trinajstić information content (AvgIpc) is 2.48. The number of nitrogens with one attached hydrogen (secondary N) is 1. The average molecular weight is 324 g/mol. The highest BCUT2D eigenvalue weighted by Gasteiger charge is 2.20. The van der Waals surface area contributed by atoms with E-state index in [9.17, 15) is 9.59 Å². The summed E-state index contributed by atoms with van der Waals surface area (Å²) in [7, 11) is 0. The molecule has 0 saturated heterocycles. The van der Waals surface area contributed by atoms with Crippen LogP contribution in [0.25, 0.3) is 0 Å². The number of hydrogen-bond acceptors (Lipinski definition) is 3. The predicted molar refractivity (Wildman–Crippen MR) is 86.5 cm³/mol. The molecule has 1 fully saturated rings. The van der Waals surface area contributed by atoms with Gasteiger partial charge in [-0.15, -0.1) is 0 Å². The van der Waals surface area contributed by atoms with E-state index in [1.165, 1.54) is 6.92 Å². The minimum atomic E-state index is -0.149. The van der Waals surface area contributed by atoms with Gasteiger partial charge in [-0.05, 0) is 56.7 Å². The van der Waals surface area contributed by atoms with Crippen molar-refractivity contribution in [2.75, 3.05) is 6.61 Å². The number of carbonyl (C=O) groups is 2. The van der Waals surface area contributed by atoms with Gasteiger partial charge in [-0.3, -0.25) is 9.59 Å². The fourth-order valence-electron chi connectivity index (χ4n) is 2.72. The van der Waals surface area contributed by atoms with Crippen LogP contribution in [-0.2, 0) is 4.79 Å². The lowest BCUT2D eigenvalue weighted by atomic mass is 9.87. The molecule has 0 bridgehead atoms. The molecule has 1 aromatic rings. The molecule has 0 atom stereocenters. The van der Waals surface area contributed by atoms with Crippen LogP contribution >= 0.6 is 11.6 Å². The van der Waals surface area contributed by atoms with E-state index < -0.39 is 0 Å². The van der Waals surface area contributed by atoms with Crippen molar-refractivity contribution in [2.24, 2.45) is 5.92 Å². The van der Waals surface area contributed by atoms with Crippen LogP contribution in [0.2, 0.25) is 5.02 Å². The summed E-state index contributed by atoms with van der Waals surface area (Å²) < 4.78 is 5.49. The van der Waals surface area contributed by atoms with Gasteiger partial charge in [-0.2, -0.15) is 0 Å². The van der Waals surface area contributed by atoms with Crippen LogP contribution in [0.15, 0.2) is 18.2 Å². The third-order valence-corrected chi connectivity index (χ3v) is 4.30. The number of benzene rings is 1. The number of ketones is 1. The summed E-state index contributed by atoms with van der Waals surface area (Å²) in [5.74, 6) is 0.851. The summed E-state index contributed by atoms with van der Waals surface area (Å²) in [4.78, 5) is 23.5. The predicted octanol–water partition coefficient (Wildman–Crippen LogP) is 3.62. The van der Waals surface area contributed by atoms with Crippen LogP contribution in [0.3, 0.4) is 0 Å². The first-order valence-corrected chi connectivity index (χ1v) is 8.06. The van der Waals surface area contributed by atoms with Crippen molar-refractivity contribution in [1.29, 1.82) is 0 Å². The van der Waals surface area contributed by atoms with Gasteiger partial charge in [0.05, 0.1) is 5.56 Å². The topological polar surface area (TPSA) is 55.4 Å². The lowest BCUT2D eigenvalue weighted by Gasteiger charge is -2.26. The second kappa shape index (κ2) is 7.63. The normalized spacial score (nSPS) is 21.2. The van der Waals surface area contributed by atoms with Gasteiger partial charge in [0, 0.05) is 11.1 Å². The number of ether oxygens (including phenoxy) is 1. The van der Waals surface area contributed by atoms with Gasteiger partial charge >= 0.3 is 0 Å². The van der Waals surface area contributed by atoms with Crippen molar-refractivity contribution in [2.45, 2.75) is 45.6 Å². The zero-order valence-electron chi connectivity index (χ0n) is 13.0. The van der Waals surface area contributed by atoms with Crippen LogP contribution in [-0.4, -0.2) is 24.3 Å². The van der Waals surface area contributed by atoms with E-state index >= 15 is 0 Å². The Morgan fingerprint density at radius 2 is 1.95 bits per heavy atom. The molecule has 1 aliphatic carbocycles. The molecule has 0 aliphatic heterocycles. The van der Waals surface area contributed by atoms with E-state index in [2.05, 4.69) is 12.2 Å². The number of carbonyl (C=O) groups excluding carboxylic acids is 2. The zero-order valence-corrected chi connectivity index (χ0v) is 13.8. The van der Waals surface area contributed by atoms with Crippen molar-refractivity contribution >= 4 is 23.3 Å². The van der Waals surface area contributed by atoms with Crippen LogP contribution < -0.4 is 10.1 Å². The Balaban J connectivity index is 1.87. The van der Waals surface area contributed by atoms with Crippen molar-refractivity contribution in [3.05, 3.63) is 28.8 Å². The van der Waals surface area contributed by atoms with Gasteiger partial charge in [0.15, 0.2) is 12.4 Å². The molecule has 0 heterocycles. The maximum absolute atomic E-state index is 12.0. The smallest absolute Gasteiger partial charge is 0.258 e. The largest absolute Gasteiger partial charge is 0.483 e. The van der Waals surface area contributed by atoms with Crippen molar-refractivity contribution < 1.29 is 14.3 Å². The maximum Gasteiger partial charge on any atom is 0.258 e. The fraction of sp³-hybridized carbons (Fsp3) is 0.529. The number of hydrogen-bond donors (Lipinski definition) is 1. The summed E-state index contributed by atoms with van der Waals surface area (Å²) in [5, 5.41) is 3.47. The summed E-state index contributed by atoms with van der Waals surface area (Å²) in [6, 6.07) is 5.06. The molecule has 0 radical (unpaired) electrons. The first kappa shape index (κ1) is 16.8. The van der Waals surface area contributed by atoms with E-state index in [0.29, 0.717) is 16.3 Å². The Kier molecular flexibility index (Phi) is 5.83.